The molecule has 2 atom stereocenters. The number of rotatable bonds is 6. The SMILES string of the molecule is CC(C)c1cnn2c(N[C@@H](C)c3ccccc3)nc(O[C@@H]3CCCNC3)nc12. The van der Waals surface area contributed by atoms with E-state index in [0.29, 0.717) is 17.9 Å². The third kappa shape index (κ3) is 3.94. The molecule has 148 valence electrons. The van der Waals surface area contributed by atoms with Crippen LogP contribution in [0.5, 0.6) is 6.01 Å². The highest BCUT2D eigenvalue weighted by molar-refractivity contribution is 5.53. The van der Waals surface area contributed by atoms with Crippen molar-refractivity contribution in [3.63, 3.8) is 0 Å². The second-order valence-electron chi connectivity index (χ2n) is 7.68. The Bertz CT molecular complexity index is 917. The van der Waals surface area contributed by atoms with Crippen molar-refractivity contribution < 1.29 is 4.74 Å². The molecule has 1 aliphatic heterocycles. The molecule has 3 aromatic rings. The minimum atomic E-state index is 0.0789. The number of hydrogen-bond donors (Lipinski definition) is 2. The van der Waals surface area contributed by atoms with E-state index in [1.807, 2.05) is 24.4 Å². The van der Waals surface area contributed by atoms with E-state index in [-0.39, 0.29) is 12.1 Å². The predicted octanol–water partition coefficient (Wildman–Crippen LogP) is 3.55. The van der Waals surface area contributed by atoms with Gasteiger partial charge in [0.05, 0.1) is 12.2 Å². The van der Waals surface area contributed by atoms with Gasteiger partial charge in [-0.15, -0.1) is 0 Å². The standard InChI is InChI=1S/C21H28N6O/c1-14(2)18-13-23-27-19(18)25-21(28-17-10-7-11-22-12-17)26-20(27)24-15(3)16-8-5-4-6-9-16/h4-6,8-9,13-15,17,22H,7,10-12H2,1-3H3,(H,24,25,26)/t15-,17+/m0/s1. The highest BCUT2D eigenvalue weighted by Crippen LogP contribution is 2.25. The summed E-state index contributed by atoms with van der Waals surface area (Å²) < 4.78 is 7.91. The van der Waals surface area contributed by atoms with Crippen molar-refractivity contribution in [2.75, 3.05) is 18.4 Å². The summed E-state index contributed by atoms with van der Waals surface area (Å²) in [6, 6.07) is 10.8. The van der Waals surface area contributed by atoms with Crippen molar-refractivity contribution in [3.05, 3.63) is 47.7 Å². The molecule has 3 heterocycles. The van der Waals surface area contributed by atoms with Gasteiger partial charge in [0.15, 0.2) is 5.65 Å². The van der Waals surface area contributed by atoms with Crippen LogP contribution in [0, 0.1) is 0 Å². The Morgan fingerprint density at radius 3 is 2.71 bits per heavy atom. The van der Waals surface area contributed by atoms with Gasteiger partial charge in [0.1, 0.15) is 6.10 Å². The second-order valence-corrected chi connectivity index (χ2v) is 7.68. The Balaban J connectivity index is 1.68. The fourth-order valence-electron chi connectivity index (χ4n) is 3.52. The lowest BCUT2D eigenvalue weighted by Crippen LogP contribution is -2.37. The lowest BCUT2D eigenvalue weighted by molar-refractivity contribution is 0.153. The number of benzene rings is 1. The molecule has 0 aliphatic carbocycles. The number of hydrogen-bond acceptors (Lipinski definition) is 6. The first kappa shape index (κ1) is 18.7. The minimum absolute atomic E-state index is 0.0789. The van der Waals surface area contributed by atoms with Gasteiger partial charge < -0.3 is 15.4 Å². The second kappa shape index (κ2) is 8.14. The van der Waals surface area contributed by atoms with E-state index in [1.165, 1.54) is 5.56 Å². The Kier molecular flexibility index (Phi) is 5.43. The van der Waals surface area contributed by atoms with Crippen molar-refractivity contribution in [2.24, 2.45) is 0 Å². The van der Waals surface area contributed by atoms with Crippen LogP contribution in [0.25, 0.3) is 5.65 Å². The van der Waals surface area contributed by atoms with E-state index in [1.54, 1.807) is 4.52 Å². The smallest absolute Gasteiger partial charge is 0.322 e. The Labute approximate surface area is 165 Å². The van der Waals surface area contributed by atoms with Gasteiger partial charge in [-0.25, -0.2) is 0 Å². The molecule has 7 heteroatoms. The van der Waals surface area contributed by atoms with E-state index >= 15 is 0 Å². The lowest BCUT2D eigenvalue weighted by atomic mass is 10.1. The Morgan fingerprint density at radius 2 is 2.00 bits per heavy atom. The molecule has 1 saturated heterocycles. The molecule has 1 aromatic carbocycles. The zero-order valence-corrected chi connectivity index (χ0v) is 16.7. The van der Waals surface area contributed by atoms with Crippen LogP contribution in [-0.4, -0.2) is 38.8 Å². The number of piperidine rings is 1. The summed E-state index contributed by atoms with van der Waals surface area (Å²) in [4.78, 5) is 9.35. The van der Waals surface area contributed by atoms with Crippen LogP contribution in [0.3, 0.4) is 0 Å². The largest absolute Gasteiger partial charge is 0.459 e. The molecule has 0 bridgehead atoms. The number of fused-ring (bicyclic) bond motifs is 1. The molecule has 0 radical (unpaired) electrons. The van der Waals surface area contributed by atoms with E-state index in [9.17, 15) is 0 Å². The van der Waals surface area contributed by atoms with Gasteiger partial charge in [-0.2, -0.15) is 19.6 Å². The van der Waals surface area contributed by atoms with E-state index in [2.05, 4.69) is 53.6 Å². The van der Waals surface area contributed by atoms with Crippen LogP contribution in [0.15, 0.2) is 36.5 Å². The van der Waals surface area contributed by atoms with Crippen molar-refractivity contribution in [1.82, 2.24) is 24.9 Å². The summed E-state index contributed by atoms with van der Waals surface area (Å²) in [5, 5.41) is 11.4. The van der Waals surface area contributed by atoms with Crippen LogP contribution < -0.4 is 15.4 Å². The molecular weight excluding hydrogens is 352 g/mol. The van der Waals surface area contributed by atoms with Gasteiger partial charge in [0, 0.05) is 12.1 Å². The Morgan fingerprint density at radius 1 is 1.18 bits per heavy atom. The maximum Gasteiger partial charge on any atom is 0.322 e. The summed E-state index contributed by atoms with van der Waals surface area (Å²) in [5.74, 6) is 0.961. The summed E-state index contributed by atoms with van der Waals surface area (Å²) in [7, 11) is 0. The fraction of sp³-hybridized carbons (Fsp3) is 0.476. The van der Waals surface area contributed by atoms with Gasteiger partial charge in [0.25, 0.3) is 0 Å². The zero-order chi connectivity index (χ0) is 19.5. The maximum atomic E-state index is 6.13. The highest BCUT2D eigenvalue weighted by atomic mass is 16.5. The molecular formula is C21H28N6O. The van der Waals surface area contributed by atoms with Crippen molar-refractivity contribution in [3.8, 4) is 6.01 Å². The molecule has 1 aliphatic rings. The first-order valence-electron chi connectivity index (χ1n) is 10.1. The first-order valence-corrected chi connectivity index (χ1v) is 10.1. The first-order chi connectivity index (χ1) is 13.6. The lowest BCUT2D eigenvalue weighted by Gasteiger charge is -2.23. The molecule has 0 unspecified atom stereocenters. The molecule has 7 nitrogen and oxygen atoms in total. The molecule has 2 aromatic heterocycles. The third-order valence-electron chi connectivity index (χ3n) is 5.17. The topological polar surface area (TPSA) is 76.4 Å². The van der Waals surface area contributed by atoms with Crippen molar-refractivity contribution in [2.45, 2.75) is 51.7 Å². The maximum absolute atomic E-state index is 6.13. The Hall–Kier alpha value is -2.67. The average Bonchev–Trinajstić information content (AvgIpc) is 3.14. The van der Waals surface area contributed by atoms with Crippen LogP contribution in [0.1, 0.15) is 56.7 Å². The van der Waals surface area contributed by atoms with Crippen LogP contribution in [0.4, 0.5) is 5.95 Å². The van der Waals surface area contributed by atoms with Gasteiger partial charge in [0.2, 0.25) is 5.95 Å². The van der Waals surface area contributed by atoms with Gasteiger partial charge in [-0.3, -0.25) is 0 Å². The van der Waals surface area contributed by atoms with E-state index < -0.39 is 0 Å². The number of ether oxygens (including phenoxy) is 1. The molecule has 2 N–H and O–H groups in total. The predicted molar refractivity (Wildman–Crippen MR) is 110 cm³/mol. The average molecular weight is 380 g/mol. The molecule has 0 spiro atoms. The van der Waals surface area contributed by atoms with Gasteiger partial charge >= 0.3 is 6.01 Å². The normalized spacial score (nSPS) is 18.4. The van der Waals surface area contributed by atoms with Crippen LogP contribution >= 0.6 is 0 Å². The minimum Gasteiger partial charge on any atom is -0.459 e. The highest BCUT2D eigenvalue weighted by Gasteiger charge is 2.20. The van der Waals surface area contributed by atoms with Crippen LogP contribution in [-0.2, 0) is 0 Å². The molecule has 28 heavy (non-hydrogen) atoms. The number of nitrogens with one attached hydrogen (secondary N) is 2. The van der Waals surface area contributed by atoms with E-state index in [0.717, 1.165) is 37.1 Å². The summed E-state index contributed by atoms with van der Waals surface area (Å²) in [5.41, 5.74) is 3.07. The quantitative estimate of drug-likeness (QED) is 0.681. The van der Waals surface area contributed by atoms with E-state index in [4.69, 9.17) is 9.72 Å². The number of aromatic nitrogens is 4. The molecule has 0 saturated carbocycles. The molecule has 4 rings (SSSR count). The van der Waals surface area contributed by atoms with Gasteiger partial charge in [-0.05, 0) is 37.8 Å². The van der Waals surface area contributed by atoms with Crippen molar-refractivity contribution >= 4 is 11.6 Å². The molecule has 1 fully saturated rings. The monoisotopic (exact) mass is 380 g/mol. The van der Waals surface area contributed by atoms with Gasteiger partial charge in [-0.1, -0.05) is 44.2 Å². The zero-order valence-electron chi connectivity index (χ0n) is 16.7. The summed E-state index contributed by atoms with van der Waals surface area (Å²) >= 11 is 0. The number of nitrogens with zero attached hydrogens (tertiary/aromatic N) is 4. The van der Waals surface area contributed by atoms with Crippen LogP contribution in [0.2, 0.25) is 0 Å². The third-order valence-corrected chi connectivity index (χ3v) is 5.17. The summed E-state index contributed by atoms with van der Waals surface area (Å²) in [6.07, 6.45) is 4.09. The molecule has 0 amide bonds. The summed E-state index contributed by atoms with van der Waals surface area (Å²) in [6.45, 7) is 8.27. The number of anilines is 1. The van der Waals surface area contributed by atoms with Crippen molar-refractivity contribution in [1.29, 1.82) is 0 Å². The fourth-order valence-corrected chi connectivity index (χ4v) is 3.52.